The minimum absolute atomic E-state index is 0.00132. The van der Waals surface area contributed by atoms with Crippen molar-refractivity contribution in [1.29, 1.82) is 0 Å². The second-order valence-electron chi connectivity index (χ2n) is 6.37. The maximum absolute atomic E-state index is 14.0. The summed E-state index contributed by atoms with van der Waals surface area (Å²) in [4.78, 5) is 37.7. The van der Waals surface area contributed by atoms with E-state index in [9.17, 15) is 23.9 Å². The highest BCUT2D eigenvalue weighted by atomic mass is 35.5. The summed E-state index contributed by atoms with van der Waals surface area (Å²) in [6.07, 6.45) is 1.80. The van der Waals surface area contributed by atoms with Crippen molar-refractivity contribution in [2.45, 2.75) is 38.5 Å². The van der Waals surface area contributed by atoms with Crippen LogP contribution in [0.2, 0.25) is 0 Å². The Labute approximate surface area is 177 Å². The molecule has 1 atom stereocenters. The van der Waals surface area contributed by atoms with Crippen LogP contribution in [0.3, 0.4) is 0 Å². The molecule has 1 aliphatic rings. The molecule has 0 saturated carbocycles. The van der Waals surface area contributed by atoms with Gasteiger partial charge in [0, 0.05) is 23.4 Å². The molecule has 9 heteroatoms. The maximum atomic E-state index is 14.0. The van der Waals surface area contributed by atoms with Crippen molar-refractivity contribution >= 4 is 46.7 Å². The Bertz CT molecular complexity index is 900. The SMILES string of the molecule is CC(F)(C#CCl)Oc1ccc(N(C(=O)CCl)C(=O)C2=C(C(=O)O)CCCC2)cc1. The van der Waals surface area contributed by atoms with Crippen LogP contribution < -0.4 is 9.64 Å². The Balaban J connectivity index is 2.38. The number of benzene rings is 1. The number of carbonyl (C=O) groups is 3. The largest absolute Gasteiger partial charge is 0.478 e. The summed E-state index contributed by atoms with van der Waals surface area (Å²) in [5.41, 5.74) is 0.234. The van der Waals surface area contributed by atoms with Gasteiger partial charge in [-0.3, -0.25) is 9.59 Å². The number of rotatable bonds is 6. The Morgan fingerprint density at radius 1 is 1.21 bits per heavy atom. The van der Waals surface area contributed by atoms with Gasteiger partial charge in [-0.05, 0) is 67.5 Å². The number of hydrogen-bond acceptors (Lipinski definition) is 4. The van der Waals surface area contributed by atoms with Gasteiger partial charge < -0.3 is 9.84 Å². The molecule has 1 aromatic carbocycles. The van der Waals surface area contributed by atoms with Crippen LogP contribution in [0.4, 0.5) is 10.1 Å². The summed E-state index contributed by atoms with van der Waals surface area (Å²) in [7, 11) is 0. The molecule has 1 N–H and O–H groups in total. The molecule has 2 rings (SSSR count). The minimum atomic E-state index is -2.33. The highest BCUT2D eigenvalue weighted by Gasteiger charge is 2.31. The van der Waals surface area contributed by atoms with Gasteiger partial charge in [0.25, 0.3) is 5.91 Å². The smallest absolute Gasteiger partial charge is 0.332 e. The molecule has 0 aliphatic heterocycles. The average Bonchev–Trinajstić information content (AvgIpc) is 2.68. The number of aliphatic carboxylic acids is 1. The molecule has 0 aromatic heterocycles. The number of alkyl halides is 2. The lowest BCUT2D eigenvalue weighted by Gasteiger charge is -2.25. The molecule has 1 aliphatic carbocycles. The molecule has 0 radical (unpaired) electrons. The Morgan fingerprint density at radius 3 is 2.31 bits per heavy atom. The van der Waals surface area contributed by atoms with Crippen LogP contribution in [0.25, 0.3) is 0 Å². The van der Waals surface area contributed by atoms with E-state index < -0.39 is 29.5 Å². The second kappa shape index (κ2) is 9.77. The number of amides is 2. The summed E-state index contributed by atoms with van der Waals surface area (Å²) in [6.45, 7) is 1.08. The Hall–Kier alpha value is -2.56. The van der Waals surface area contributed by atoms with Gasteiger partial charge in [0.2, 0.25) is 5.91 Å². The average molecular weight is 442 g/mol. The standard InChI is InChI=1S/C20H18Cl2FNO5/c1-20(23,10-11-21)29-14-8-6-13(7-9-14)24(17(25)12-22)18(26)15-4-2-3-5-16(15)19(27)28/h6-9H,2-5,12H2,1H3,(H,27,28). The van der Waals surface area contributed by atoms with Crippen LogP contribution in [0.15, 0.2) is 35.4 Å². The quantitative estimate of drug-likeness (QED) is 0.532. The number of imide groups is 1. The fraction of sp³-hybridized carbons (Fsp3) is 0.350. The van der Waals surface area contributed by atoms with E-state index in [0.29, 0.717) is 12.8 Å². The zero-order chi connectivity index (χ0) is 21.6. The number of nitrogens with zero attached hydrogens (tertiary/aromatic N) is 1. The van der Waals surface area contributed by atoms with E-state index in [1.54, 1.807) is 0 Å². The third-order valence-corrected chi connectivity index (χ3v) is 4.55. The number of halogens is 3. The van der Waals surface area contributed by atoms with Crippen LogP contribution in [0.1, 0.15) is 32.6 Å². The molecule has 6 nitrogen and oxygen atoms in total. The second-order valence-corrected chi connectivity index (χ2v) is 6.83. The van der Waals surface area contributed by atoms with E-state index in [1.165, 1.54) is 24.3 Å². The maximum Gasteiger partial charge on any atom is 0.332 e. The molecule has 1 unspecified atom stereocenters. The van der Waals surface area contributed by atoms with E-state index in [4.69, 9.17) is 27.9 Å². The summed E-state index contributed by atoms with van der Waals surface area (Å²) in [6, 6.07) is 5.42. The summed E-state index contributed by atoms with van der Waals surface area (Å²) < 4.78 is 19.1. The van der Waals surface area contributed by atoms with Crippen molar-refractivity contribution in [3.05, 3.63) is 35.4 Å². The molecule has 0 fully saturated rings. The summed E-state index contributed by atoms with van der Waals surface area (Å²) >= 11 is 10.8. The normalized spacial score (nSPS) is 15.6. The highest BCUT2D eigenvalue weighted by Crippen LogP contribution is 2.30. The van der Waals surface area contributed by atoms with Crippen LogP contribution in [0.5, 0.6) is 5.75 Å². The predicted molar refractivity (Wildman–Crippen MR) is 107 cm³/mol. The lowest BCUT2D eigenvalue weighted by molar-refractivity contribution is -0.133. The van der Waals surface area contributed by atoms with E-state index in [-0.39, 0.29) is 35.4 Å². The first-order valence-electron chi connectivity index (χ1n) is 8.69. The monoisotopic (exact) mass is 441 g/mol. The molecule has 29 heavy (non-hydrogen) atoms. The van der Waals surface area contributed by atoms with Crippen molar-refractivity contribution < 1.29 is 28.6 Å². The van der Waals surface area contributed by atoms with Crippen molar-refractivity contribution in [3.63, 3.8) is 0 Å². The third-order valence-electron chi connectivity index (χ3n) is 4.23. The number of ether oxygens (including phenoxy) is 1. The molecule has 0 heterocycles. The first kappa shape index (κ1) is 22.7. The van der Waals surface area contributed by atoms with Gasteiger partial charge in [0.1, 0.15) is 11.6 Å². The Morgan fingerprint density at radius 2 is 1.79 bits per heavy atom. The van der Waals surface area contributed by atoms with E-state index in [1.807, 2.05) is 11.3 Å². The molecular weight excluding hydrogens is 424 g/mol. The van der Waals surface area contributed by atoms with Crippen LogP contribution in [0, 0.1) is 11.3 Å². The lowest BCUT2D eigenvalue weighted by Crippen LogP contribution is -2.40. The number of carboxylic acid groups (broad SMARTS) is 1. The van der Waals surface area contributed by atoms with Crippen molar-refractivity contribution in [2.24, 2.45) is 0 Å². The van der Waals surface area contributed by atoms with Gasteiger partial charge in [-0.1, -0.05) is 0 Å². The fourth-order valence-electron chi connectivity index (χ4n) is 2.94. The molecule has 1 aromatic rings. The first-order valence-corrected chi connectivity index (χ1v) is 9.60. The number of hydrogen-bond donors (Lipinski definition) is 1. The molecule has 0 saturated heterocycles. The van der Waals surface area contributed by atoms with Gasteiger partial charge in [0.15, 0.2) is 0 Å². The predicted octanol–water partition coefficient (Wildman–Crippen LogP) is 4.00. The van der Waals surface area contributed by atoms with E-state index in [2.05, 4.69) is 0 Å². The molecule has 2 amide bonds. The minimum Gasteiger partial charge on any atom is -0.478 e. The molecule has 0 bridgehead atoms. The zero-order valence-corrected chi connectivity index (χ0v) is 17.0. The van der Waals surface area contributed by atoms with Crippen molar-refractivity contribution in [2.75, 3.05) is 10.8 Å². The van der Waals surface area contributed by atoms with Gasteiger partial charge in [-0.15, -0.1) is 11.6 Å². The van der Waals surface area contributed by atoms with Gasteiger partial charge in [-0.2, -0.15) is 4.39 Å². The summed E-state index contributed by atoms with van der Waals surface area (Å²) in [5, 5.41) is 11.3. The lowest BCUT2D eigenvalue weighted by atomic mass is 9.90. The third kappa shape index (κ3) is 5.72. The van der Waals surface area contributed by atoms with Crippen molar-refractivity contribution in [1.82, 2.24) is 0 Å². The highest BCUT2D eigenvalue weighted by molar-refractivity contribution is 6.34. The van der Waals surface area contributed by atoms with Gasteiger partial charge >= 0.3 is 11.8 Å². The van der Waals surface area contributed by atoms with E-state index in [0.717, 1.165) is 11.8 Å². The molecule has 154 valence electrons. The number of carbonyl (C=O) groups excluding carboxylic acids is 2. The zero-order valence-electron chi connectivity index (χ0n) is 15.5. The van der Waals surface area contributed by atoms with Gasteiger partial charge in [0.05, 0.1) is 5.69 Å². The number of carboxylic acids is 1. The van der Waals surface area contributed by atoms with Crippen LogP contribution in [-0.2, 0) is 14.4 Å². The summed E-state index contributed by atoms with van der Waals surface area (Å²) in [5.74, 6) is -3.30. The van der Waals surface area contributed by atoms with Crippen LogP contribution >= 0.6 is 23.2 Å². The molecule has 0 spiro atoms. The number of anilines is 1. The first-order chi connectivity index (χ1) is 13.7. The van der Waals surface area contributed by atoms with Crippen molar-refractivity contribution in [3.8, 4) is 17.0 Å². The van der Waals surface area contributed by atoms with Gasteiger partial charge in [-0.25, -0.2) is 9.69 Å². The fourth-order valence-corrected chi connectivity index (χ4v) is 3.23. The Kier molecular flexibility index (Phi) is 7.66. The van der Waals surface area contributed by atoms with Crippen LogP contribution in [-0.4, -0.2) is 34.6 Å². The topological polar surface area (TPSA) is 83.9 Å². The van der Waals surface area contributed by atoms with E-state index >= 15 is 0 Å². The molecular formula is C20H18Cl2FNO5.